The number of carboxylic acids is 1. The fraction of sp³-hybridized carbons (Fsp3) is 0.962. The van der Waals surface area contributed by atoms with Gasteiger partial charge in [0.1, 0.15) is 140 Å². The van der Waals surface area contributed by atoms with Crippen molar-refractivity contribution in [2.45, 2.75) is 422 Å². The van der Waals surface area contributed by atoms with E-state index in [4.69, 9.17) is 56.8 Å². The van der Waals surface area contributed by atoms with Gasteiger partial charge in [-0.2, -0.15) is 0 Å². The summed E-state index contributed by atoms with van der Waals surface area (Å²) >= 11 is 0. The first-order valence-electron chi connectivity index (χ1n) is 42.3. The highest BCUT2D eigenvalue weighted by Gasteiger charge is 2.63. The summed E-state index contributed by atoms with van der Waals surface area (Å²) in [5.41, 5.74) is 0. The molecule has 23 N–H and O–H groups in total. The first kappa shape index (κ1) is 102. The molecule has 680 valence electrons. The summed E-state index contributed by atoms with van der Waals surface area (Å²) in [6.45, 7) is 0.359. The third kappa shape index (κ3) is 30.0. The molecule has 0 bridgehead atoms. The van der Waals surface area contributed by atoms with Crippen molar-refractivity contribution in [2.24, 2.45) is 5.92 Å². The number of aliphatic hydroxyl groups excluding tert-OH is 20. The van der Waals surface area contributed by atoms with E-state index in [1.165, 1.54) is 89.9 Å². The zero-order chi connectivity index (χ0) is 85.3. The number of ether oxygens (including phenoxy) is 12. The van der Waals surface area contributed by atoms with E-state index in [-0.39, 0.29) is 12.8 Å². The van der Waals surface area contributed by atoms with Crippen LogP contribution in [0.25, 0.3) is 0 Å². The average molecular weight is 1680 g/mol. The second-order valence-corrected chi connectivity index (χ2v) is 32.5. The molecule has 0 aromatic heterocycles. The average Bonchev–Trinajstić information content (AvgIpc) is 0.840. The van der Waals surface area contributed by atoms with Crippen LogP contribution in [0.15, 0.2) is 0 Å². The van der Waals surface area contributed by atoms with Crippen LogP contribution in [-0.2, 0) is 71.2 Å². The molecular formula is C78H142N2O36. The molecule has 33 atom stereocenters. The number of nitrogens with one attached hydrogen (secondary N) is 2. The van der Waals surface area contributed by atoms with Gasteiger partial charge in [0.05, 0.1) is 70.5 Å². The van der Waals surface area contributed by atoms with Crippen LogP contribution in [0.1, 0.15) is 220 Å². The monoisotopic (exact) mass is 1680 g/mol. The predicted molar refractivity (Wildman–Crippen MR) is 404 cm³/mol. The lowest BCUT2D eigenvalue weighted by molar-refractivity contribution is -0.395. The number of rotatable bonds is 57. The zero-order valence-corrected chi connectivity index (χ0v) is 67.7. The van der Waals surface area contributed by atoms with Gasteiger partial charge in [0.25, 0.3) is 5.79 Å². The summed E-state index contributed by atoms with van der Waals surface area (Å²) in [6.07, 6.45) is -32.3. The van der Waals surface area contributed by atoms with Crippen molar-refractivity contribution in [3.63, 3.8) is 0 Å². The predicted octanol–water partition coefficient (Wildman–Crippen LogP) is -2.89. The van der Waals surface area contributed by atoms with Crippen molar-refractivity contribution < 1.29 is 178 Å². The number of carbonyl (C=O) groups excluding carboxylic acids is 2. The lowest BCUT2D eigenvalue weighted by Crippen LogP contribution is -2.72. The van der Waals surface area contributed by atoms with Gasteiger partial charge in [0.15, 0.2) is 31.5 Å². The molecule has 38 heteroatoms. The van der Waals surface area contributed by atoms with Crippen LogP contribution in [0.2, 0.25) is 0 Å². The maximum Gasteiger partial charge on any atom is 0.364 e. The molecule has 0 saturated carbocycles. The highest BCUT2D eigenvalue weighted by Crippen LogP contribution is 2.42. The molecule has 6 heterocycles. The Labute approximate surface area is 678 Å². The summed E-state index contributed by atoms with van der Waals surface area (Å²) in [7, 11) is 0. The number of hydrogen-bond acceptors (Lipinski definition) is 35. The van der Waals surface area contributed by atoms with Gasteiger partial charge < -0.3 is 175 Å². The van der Waals surface area contributed by atoms with E-state index in [1.54, 1.807) is 0 Å². The van der Waals surface area contributed by atoms with E-state index in [9.17, 15) is 122 Å². The first-order valence-corrected chi connectivity index (χ1v) is 42.3. The van der Waals surface area contributed by atoms with E-state index >= 15 is 0 Å². The van der Waals surface area contributed by atoms with Crippen LogP contribution in [0, 0.1) is 5.92 Å². The molecule has 2 amide bonds. The van der Waals surface area contributed by atoms with Crippen molar-refractivity contribution in [1.82, 2.24) is 10.6 Å². The largest absolute Gasteiger partial charge is 0.477 e. The molecule has 0 unspecified atom stereocenters. The standard InChI is InChI=1S/C78H142N2O36/c1-5-6-7-8-9-10-11-12-13-14-15-16-17-18-19-24-27-30-33-46(89)71(102)80-44(55(91)45(88)32-29-26-23-21-20-22-25-28-31-42(2)3)41-105-72-63(99)60(96)66(52(39-85)110-72)112-76-64(100)69(59(95)51(38-84)109-76)116-78(77(103)104)34-48(54(79-43(4)87)68(115-78)56(92)47(90)35-81)106-75-65(101)70(114-74-62(98)58(94)50(37-83)108-74)67(53(40-86)111-75)113-73-61(97)57(93)49(36-82)107-73/h42,44-70,72-76,81-86,88-101H,5-41H2,1-4H3,(H,79,87)(H,80,102)(H,103,104)/t44-,45+,46+,47+,48-,49-,50-,51+,52+,53+,54+,55-,56+,57-,58-,59-,60+,61+,62+,63+,64+,65+,66+,67-,68+,69-,70+,72+,73-,74-,75-,76-,78-/m0/s1. The Morgan fingerprint density at radius 1 is 0.440 bits per heavy atom. The van der Waals surface area contributed by atoms with Gasteiger partial charge in [0, 0.05) is 13.3 Å². The van der Waals surface area contributed by atoms with Gasteiger partial charge in [-0.1, -0.05) is 194 Å². The van der Waals surface area contributed by atoms with Crippen molar-refractivity contribution in [2.75, 3.05) is 46.2 Å². The molecule has 0 aromatic rings. The maximum absolute atomic E-state index is 14.1. The normalized spacial score (nSPS) is 36.0. The molecule has 0 spiro atoms. The summed E-state index contributed by atoms with van der Waals surface area (Å²) in [6, 6.07) is -3.44. The fourth-order valence-corrected chi connectivity index (χ4v) is 15.8. The molecule has 38 nitrogen and oxygen atoms in total. The van der Waals surface area contributed by atoms with Gasteiger partial charge in [-0.05, 0) is 18.8 Å². The minimum absolute atomic E-state index is 0.0769. The van der Waals surface area contributed by atoms with Crippen LogP contribution in [0.5, 0.6) is 0 Å². The van der Waals surface area contributed by atoms with Crippen molar-refractivity contribution >= 4 is 17.8 Å². The number of hydrogen-bond donors (Lipinski definition) is 23. The summed E-state index contributed by atoms with van der Waals surface area (Å²) < 4.78 is 70.6. The first-order chi connectivity index (χ1) is 55.5. The van der Waals surface area contributed by atoms with Gasteiger partial charge in [-0.15, -0.1) is 0 Å². The highest BCUT2D eigenvalue weighted by molar-refractivity contribution is 5.80. The Kier molecular flexibility index (Phi) is 46.3. The third-order valence-corrected chi connectivity index (χ3v) is 22.8. The van der Waals surface area contributed by atoms with Gasteiger partial charge in [0.2, 0.25) is 11.8 Å². The van der Waals surface area contributed by atoms with Gasteiger partial charge in [-0.25, -0.2) is 4.79 Å². The van der Waals surface area contributed by atoms with Crippen molar-refractivity contribution in [3.05, 3.63) is 0 Å². The molecule has 0 aromatic carbocycles. The van der Waals surface area contributed by atoms with Crippen LogP contribution < -0.4 is 10.6 Å². The number of aliphatic hydroxyl groups is 20. The molecule has 116 heavy (non-hydrogen) atoms. The number of amides is 2. The Bertz CT molecular complexity index is 2690. The minimum atomic E-state index is -3.48. The highest BCUT2D eigenvalue weighted by atomic mass is 16.8. The van der Waals surface area contributed by atoms with Crippen molar-refractivity contribution in [3.8, 4) is 0 Å². The lowest BCUT2D eigenvalue weighted by atomic mass is 9.87. The quantitative estimate of drug-likeness (QED) is 0.0272. The molecule has 6 aliphatic rings. The fourth-order valence-electron chi connectivity index (χ4n) is 15.8. The Balaban J connectivity index is 1.17. The topological polar surface area (TPSA) is 611 Å². The van der Waals surface area contributed by atoms with Crippen LogP contribution in [0.3, 0.4) is 0 Å². The summed E-state index contributed by atoms with van der Waals surface area (Å²) in [4.78, 5) is 40.9. The van der Waals surface area contributed by atoms with Crippen LogP contribution >= 0.6 is 0 Å². The number of unbranched alkanes of at least 4 members (excludes halogenated alkanes) is 24. The molecular weight excluding hydrogens is 1540 g/mol. The van der Waals surface area contributed by atoms with E-state index in [1.807, 2.05) is 0 Å². The van der Waals surface area contributed by atoms with E-state index in [0.717, 1.165) is 77.6 Å². The van der Waals surface area contributed by atoms with E-state index in [0.29, 0.717) is 18.8 Å². The Hall–Kier alpha value is -2.87. The second-order valence-electron chi connectivity index (χ2n) is 32.5. The Morgan fingerprint density at radius 3 is 1.29 bits per heavy atom. The molecule has 6 saturated heterocycles. The molecule has 6 rings (SSSR count). The van der Waals surface area contributed by atoms with Gasteiger partial charge in [-0.3, -0.25) is 9.59 Å². The van der Waals surface area contributed by atoms with E-state index < -0.39 is 272 Å². The van der Waals surface area contributed by atoms with Crippen molar-refractivity contribution in [1.29, 1.82) is 0 Å². The van der Waals surface area contributed by atoms with Gasteiger partial charge >= 0.3 is 5.97 Å². The molecule has 6 fully saturated rings. The third-order valence-electron chi connectivity index (χ3n) is 22.8. The molecule has 6 aliphatic heterocycles. The number of carbonyl (C=O) groups is 3. The maximum atomic E-state index is 14.1. The lowest BCUT2D eigenvalue weighted by Gasteiger charge is -2.52. The Morgan fingerprint density at radius 2 is 0.836 bits per heavy atom. The smallest absolute Gasteiger partial charge is 0.364 e. The summed E-state index contributed by atoms with van der Waals surface area (Å²) in [5, 5.41) is 238. The summed E-state index contributed by atoms with van der Waals surface area (Å²) in [5.74, 6) is -6.93. The van der Waals surface area contributed by atoms with E-state index in [2.05, 4.69) is 31.4 Å². The second kappa shape index (κ2) is 52.7. The number of aliphatic carboxylic acids is 1. The molecule has 0 radical (unpaired) electrons. The SMILES string of the molecule is CCCCCCCCCCCCCCCCCCCC[C@@H](O)C(=O)N[C@@H](CO[C@@H]1O[C@H](CO)[C@@H](O[C@@H]2O[C@H](CO)[C@H](O)[C@H](O[C@]3(C(=O)O)C[C@H](O[C@H]4O[C@H](CO)[C@H](O[C@@H]5O[C@@H](CO)[C@H](O)[C@H]5O)[C@H](O[C@@H]5O[C@@H](CO)[C@H](O)[C@H]5O)[C@H]4O)[C@@H](NC(C)=O)[C@H]([C@H](O)[C@H](O)CO)O3)[C@H]2O)[C@H](O)[C@H]1O)[C@H](O)[C@H](O)CCCCCCCCCCC(C)C. The zero-order valence-electron chi connectivity index (χ0n) is 67.7. The molecule has 0 aliphatic carbocycles. The van der Waals surface area contributed by atoms with Crippen LogP contribution in [0.4, 0.5) is 0 Å². The number of carboxylic acid groups (broad SMARTS) is 1. The van der Waals surface area contributed by atoms with Crippen LogP contribution in [-0.4, -0.2) is 373 Å². The minimum Gasteiger partial charge on any atom is -0.477 e.